The molecule has 1 aliphatic rings. The van der Waals surface area contributed by atoms with Gasteiger partial charge in [-0.3, -0.25) is 0 Å². The van der Waals surface area contributed by atoms with E-state index in [2.05, 4.69) is 27.8 Å². The predicted molar refractivity (Wildman–Crippen MR) is 63.5 cm³/mol. The maximum Gasteiger partial charge on any atom is 0.0960 e. The summed E-state index contributed by atoms with van der Waals surface area (Å²) in [5.41, 5.74) is 3.43. The monoisotopic (exact) mass is 216 g/mol. The van der Waals surface area contributed by atoms with Crippen LogP contribution in [0.2, 0.25) is 0 Å². The highest BCUT2D eigenvalue weighted by molar-refractivity contribution is 5.76. The van der Waals surface area contributed by atoms with E-state index in [1.807, 2.05) is 13.3 Å². The Kier molecular flexibility index (Phi) is 2.21. The number of nitrogens with zero attached hydrogens (tertiary/aromatic N) is 2. The molecule has 2 aromatic rings. The molecule has 0 saturated heterocycles. The number of aliphatic hydroxyl groups excluding tert-OH is 1. The van der Waals surface area contributed by atoms with Crippen molar-refractivity contribution in [3.8, 4) is 0 Å². The highest BCUT2D eigenvalue weighted by atomic mass is 16.3. The van der Waals surface area contributed by atoms with Gasteiger partial charge in [-0.1, -0.05) is 13.0 Å². The SMILES string of the molecule is CC(CO)c1ccc2c(c1)ncn2C1CC1. The fourth-order valence-corrected chi connectivity index (χ4v) is 2.10. The van der Waals surface area contributed by atoms with Gasteiger partial charge in [0.25, 0.3) is 0 Å². The Morgan fingerprint density at radius 2 is 2.31 bits per heavy atom. The maximum absolute atomic E-state index is 9.14. The molecule has 3 heteroatoms. The summed E-state index contributed by atoms with van der Waals surface area (Å²) < 4.78 is 2.27. The van der Waals surface area contributed by atoms with Crippen LogP contribution in [0.1, 0.15) is 37.3 Å². The molecule has 0 aliphatic heterocycles. The minimum absolute atomic E-state index is 0.189. The van der Waals surface area contributed by atoms with Crippen LogP contribution >= 0.6 is 0 Å². The largest absolute Gasteiger partial charge is 0.396 e. The molecule has 1 saturated carbocycles. The summed E-state index contributed by atoms with van der Waals surface area (Å²) in [6.07, 6.45) is 4.50. The van der Waals surface area contributed by atoms with E-state index < -0.39 is 0 Å². The molecule has 1 heterocycles. The van der Waals surface area contributed by atoms with Crippen LogP contribution in [0.5, 0.6) is 0 Å². The molecule has 1 aromatic heterocycles. The van der Waals surface area contributed by atoms with Crippen molar-refractivity contribution in [1.29, 1.82) is 0 Å². The molecule has 1 fully saturated rings. The minimum Gasteiger partial charge on any atom is -0.396 e. The van der Waals surface area contributed by atoms with E-state index in [-0.39, 0.29) is 12.5 Å². The summed E-state index contributed by atoms with van der Waals surface area (Å²) in [6, 6.07) is 6.99. The molecule has 3 nitrogen and oxygen atoms in total. The summed E-state index contributed by atoms with van der Waals surface area (Å²) in [5, 5.41) is 9.14. The maximum atomic E-state index is 9.14. The lowest BCUT2D eigenvalue weighted by Gasteiger charge is -2.08. The molecule has 0 bridgehead atoms. The van der Waals surface area contributed by atoms with Gasteiger partial charge < -0.3 is 9.67 Å². The van der Waals surface area contributed by atoms with Gasteiger partial charge in [-0.25, -0.2) is 4.98 Å². The second-order valence-corrected chi connectivity index (χ2v) is 4.71. The molecule has 1 aromatic carbocycles. The molecule has 1 aliphatic carbocycles. The topological polar surface area (TPSA) is 38.1 Å². The van der Waals surface area contributed by atoms with E-state index in [9.17, 15) is 0 Å². The van der Waals surface area contributed by atoms with Gasteiger partial charge in [0.05, 0.1) is 17.4 Å². The molecule has 0 amide bonds. The molecule has 0 radical (unpaired) electrons. The van der Waals surface area contributed by atoms with Crippen LogP contribution < -0.4 is 0 Å². The van der Waals surface area contributed by atoms with Gasteiger partial charge in [-0.05, 0) is 30.5 Å². The zero-order chi connectivity index (χ0) is 11.1. The van der Waals surface area contributed by atoms with Crippen molar-refractivity contribution >= 4 is 11.0 Å². The standard InChI is InChI=1S/C13H16N2O/c1-9(7-16)10-2-5-13-12(6-10)14-8-15(13)11-3-4-11/h2,5-6,8-9,11,16H,3-4,7H2,1H3. The number of benzene rings is 1. The highest BCUT2D eigenvalue weighted by Gasteiger charge is 2.24. The van der Waals surface area contributed by atoms with Gasteiger partial charge in [0.15, 0.2) is 0 Å². The minimum atomic E-state index is 0.189. The summed E-state index contributed by atoms with van der Waals surface area (Å²) in [7, 11) is 0. The smallest absolute Gasteiger partial charge is 0.0960 e. The van der Waals surface area contributed by atoms with Crippen molar-refractivity contribution in [2.24, 2.45) is 0 Å². The lowest BCUT2D eigenvalue weighted by Crippen LogP contribution is -1.98. The van der Waals surface area contributed by atoms with Gasteiger partial charge in [0.1, 0.15) is 0 Å². The quantitative estimate of drug-likeness (QED) is 0.855. The molecular weight excluding hydrogens is 200 g/mol. The summed E-state index contributed by atoms with van der Waals surface area (Å²) >= 11 is 0. The average molecular weight is 216 g/mol. The molecule has 0 spiro atoms. The van der Waals surface area contributed by atoms with E-state index in [1.165, 1.54) is 18.4 Å². The van der Waals surface area contributed by atoms with Crippen molar-refractivity contribution in [2.75, 3.05) is 6.61 Å². The van der Waals surface area contributed by atoms with Crippen LogP contribution in [0, 0.1) is 0 Å². The lowest BCUT2D eigenvalue weighted by atomic mass is 10.0. The van der Waals surface area contributed by atoms with E-state index in [0.29, 0.717) is 6.04 Å². The van der Waals surface area contributed by atoms with E-state index in [0.717, 1.165) is 11.1 Å². The Labute approximate surface area is 94.7 Å². The number of aliphatic hydroxyl groups is 1. The lowest BCUT2D eigenvalue weighted by molar-refractivity contribution is 0.273. The van der Waals surface area contributed by atoms with E-state index in [1.54, 1.807) is 0 Å². The van der Waals surface area contributed by atoms with Crippen molar-refractivity contribution in [2.45, 2.75) is 31.7 Å². The number of fused-ring (bicyclic) bond motifs is 1. The van der Waals surface area contributed by atoms with Crippen LogP contribution in [-0.2, 0) is 0 Å². The number of hydrogen-bond donors (Lipinski definition) is 1. The van der Waals surface area contributed by atoms with Gasteiger partial charge in [-0.2, -0.15) is 0 Å². The first-order valence-electron chi connectivity index (χ1n) is 5.87. The van der Waals surface area contributed by atoms with E-state index >= 15 is 0 Å². The molecule has 1 N–H and O–H groups in total. The fourth-order valence-electron chi connectivity index (χ4n) is 2.10. The van der Waals surface area contributed by atoms with Crippen LogP contribution in [0.3, 0.4) is 0 Å². The number of hydrogen-bond acceptors (Lipinski definition) is 2. The first-order valence-corrected chi connectivity index (χ1v) is 5.87. The van der Waals surface area contributed by atoms with Crippen molar-refractivity contribution < 1.29 is 5.11 Å². The Balaban J connectivity index is 2.05. The Morgan fingerprint density at radius 1 is 1.50 bits per heavy atom. The summed E-state index contributed by atoms with van der Waals surface area (Å²) in [6.45, 7) is 2.22. The van der Waals surface area contributed by atoms with Crippen molar-refractivity contribution in [1.82, 2.24) is 9.55 Å². The molecular formula is C13H16N2O. The van der Waals surface area contributed by atoms with Gasteiger partial charge in [0.2, 0.25) is 0 Å². The molecule has 1 atom stereocenters. The first kappa shape index (κ1) is 9.85. The highest BCUT2D eigenvalue weighted by Crippen LogP contribution is 2.37. The second-order valence-electron chi connectivity index (χ2n) is 4.71. The normalized spacial score (nSPS) is 17.9. The van der Waals surface area contributed by atoms with Crippen LogP contribution in [0.15, 0.2) is 24.5 Å². The second kappa shape index (κ2) is 3.59. The third-order valence-electron chi connectivity index (χ3n) is 3.38. The molecule has 16 heavy (non-hydrogen) atoms. The summed E-state index contributed by atoms with van der Waals surface area (Å²) in [5.74, 6) is 0.190. The van der Waals surface area contributed by atoms with Crippen LogP contribution in [-0.4, -0.2) is 21.3 Å². The Morgan fingerprint density at radius 3 is 3.00 bits per heavy atom. The Hall–Kier alpha value is -1.35. The average Bonchev–Trinajstić information content (AvgIpc) is 3.08. The zero-order valence-electron chi connectivity index (χ0n) is 9.43. The van der Waals surface area contributed by atoms with Crippen molar-refractivity contribution in [3.63, 3.8) is 0 Å². The Bertz CT molecular complexity index is 514. The number of aromatic nitrogens is 2. The van der Waals surface area contributed by atoms with Gasteiger partial charge >= 0.3 is 0 Å². The number of imidazole rings is 1. The van der Waals surface area contributed by atoms with Crippen molar-refractivity contribution in [3.05, 3.63) is 30.1 Å². The number of rotatable bonds is 3. The predicted octanol–water partition coefficient (Wildman–Crippen LogP) is 2.47. The van der Waals surface area contributed by atoms with Gasteiger partial charge in [0, 0.05) is 18.6 Å². The molecule has 1 unspecified atom stereocenters. The van der Waals surface area contributed by atoms with Crippen LogP contribution in [0.25, 0.3) is 11.0 Å². The zero-order valence-corrected chi connectivity index (χ0v) is 9.43. The molecule has 84 valence electrons. The van der Waals surface area contributed by atoms with Crippen LogP contribution in [0.4, 0.5) is 0 Å². The first-order chi connectivity index (χ1) is 7.79. The third-order valence-corrected chi connectivity index (χ3v) is 3.38. The third kappa shape index (κ3) is 1.52. The van der Waals surface area contributed by atoms with E-state index in [4.69, 9.17) is 5.11 Å². The van der Waals surface area contributed by atoms with Gasteiger partial charge in [-0.15, -0.1) is 0 Å². The molecule has 3 rings (SSSR count). The fraction of sp³-hybridized carbons (Fsp3) is 0.462. The summed E-state index contributed by atoms with van der Waals surface area (Å²) in [4.78, 5) is 4.44.